The highest BCUT2D eigenvalue weighted by Crippen LogP contribution is 2.23. The highest BCUT2D eigenvalue weighted by Gasteiger charge is 2.10. The highest BCUT2D eigenvalue weighted by atomic mass is 15.0. The molecule has 0 atom stereocenters. The topological polar surface area (TPSA) is 24.1 Å². The quantitative estimate of drug-likeness (QED) is 0.768. The summed E-state index contributed by atoms with van der Waals surface area (Å²) >= 11 is 0. The lowest BCUT2D eigenvalue weighted by Crippen LogP contribution is -2.26. The van der Waals surface area contributed by atoms with Crippen molar-refractivity contribution in [2.45, 2.75) is 33.2 Å². The lowest BCUT2D eigenvalue weighted by atomic mass is 10.1. The number of hydrogen-bond donors (Lipinski definition) is 2. The van der Waals surface area contributed by atoms with Crippen molar-refractivity contribution in [2.24, 2.45) is 0 Å². The van der Waals surface area contributed by atoms with Crippen molar-refractivity contribution in [1.29, 1.82) is 0 Å². The van der Waals surface area contributed by atoms with Gasteiger partial charge in [-0.05, 0) is 39.8 Å². The Morgan fingerprint density at radius 2 is 1.71 bits per heavy atom. The molecule has 2 N–H and O–H groups in total. The van der Waals surface area contributed by atoms with Gasteiger partial charge in [-0.15, -0.1) is 0 Å². The third-order valence-corrected chi connectivity index (χ3v) is 1.80. The van der Waals surface area contributed by atoms with E-state index in [1.165, 1.54) is 11.4 Å². The minimum absolute atomic E-state index is 0. The first-order chi connectivity index (χ1) is 6.53. The monoisotopic (exact) mass is 194 g/mol. The molecule has 0 saturated heterocycles. The average Bonchev–Trinajstić information content (AvgIpc) is 2.06. The van der Waals surface area contributed by atoms with Gasteiger partial charge in [-0.3, -0.25) is 0 Å². The Kier molecular flexibility index (Phi) is 3.39. The van der Waals surface area contributed by atoms with Gasteiger partial charge in [0.1, 0.15) is 0 Å². The summed E-state index contributed by atoms with van der Waals surface area (Å²) in [6, 6.07) is 8.29. The molecular formula is C12H22N2. The molecule has 0 saturated carbocycles. The fraction of sp³-hybridized carbons (Fsp3) is 0.500. The maximum absolute atomic E-state index is 3.47. The molecule has 2 nitrogen and oxygen atoms in total. The predicted octanol–water partition coefficient (Wildman–Crippen LogP) is 3.57. The van der Waals surface area contributed by atoms with Crippen molar-refractivity contribution in [1.82, 2.24) is 0 Å². The van der Waals surface area contributed by atoms with E-state index in [1.807, 2.05) is 6.07 Å². The molecule has 0 aliphatic carbocycles. The molecule has 0 heterocycles. The van der Waals surface area contributed by atoms with Crippen LogP contribution in [0.2, 0.25) is 0 Å². The zero-order valence-electron chi connectivity index (χ0n) is 9.52. The van der Waals surface area contributed by atoms with E-state index in [1.54, 1.807) is 0 Å². The molecule has 1 rings (SSSR count). The average molecular weight is 194 g/mol. The molecule has 0 aliphatic rings. The van der Waals surface area contributed by atoms with E-state index in [2.05, 4.69) is 56.5 Å². The summed E-state index contributed by atoms with van der Waals surface area (Å²) in [7, 11) is 0. The van der Waals surface area contributed by atoms with Crippen molar-refractivity contribution >= 4 is 11.4 Å². The number of nitrogens with one attached hydrogen (secondary N) is 2. The van der Waals surface area contributed by atoms with Gasteiger partial charge in [-0.2, -0.15) is 0 Å². The van der Waals surface area contributed by atoms with Crippen LogP contribution in [-0.4, -0.2) is 12.1 Å². The first kappa shape index (κ1) is 10.9. The number of rotatable bonds is 3. The fourth-order valence-electron chi connectivity index (χ4n) is 1.34. The molecule has 80 valence electrons. The van der Waals surface area contributed by atoms with Gasteiger partial charge in [-0.1, -0.05) is 12.1 Å². The standard InChI is InChI=1S/C12H20N2.H2/c1-5-13-10-8-6-7-9-11(10)14-12(2,3)4;/h6-9,13-14H,5H2,1-4H3;1H. The van der Waals surface area contributed by atoms with Gasteiger partial charge in [-0.25, -0.2) is 0 Å². The Hall–Kier alpha value is -1.18. The van der Waals surface area contributed by atoms with Crippen LogP contribution in [0.15, 0.2) is 24.3 Å². The van der Waals surface area contributed by atoms with Crippen molar-refractivity contribution in [3.8, 4) is 0 Å². The fourth-order valence-corrected chi connectivity index (χ4v) is 1.34. The lowest BCUT2D eigenvalue weighted by molar-refractivity contribution is 0.634. The van der Waals surface area contributed by atoms with Gasteiger partial charge in [0, 0.05) is 13.5 Å². The zero-order valence-corrected chi connectivity index (χ0v) is 9.52. The van der Waals surface area contributed by atoms with Crippen LogP contribution in [-0.2, 0) is 0 Å². The number of para-hydroxylation sites is 2. The van der Waals surface area contributed by atoms with E-state index < -0.39 is 0 Å². The molecule has 1 aromatic carbocycles. The summed E-state index contributed by atoms with van der Waals surface area (Å²) in [6.45, 7) is 9.54. The van der Waals surface area contributed by atoms with E-state index in [9.17, 15) is 0 Å². The van der Waals surface area contributed by atoms with E-state index >= 15 is 0 Å². The van der Waals surface area contributed by atoms with Crippen LogP contribution in [0, 0.1) is 0 Å². The van der Waals surface area contributed by atoms with Gasteiger partial charge in [0.25, 0.3) is 0 Å². The van der Waals surface area contributed by atoms with Crippen LogP contribution in [0.1, 0.15) is 29.1 Å². The Balaban J connectivity index is 0.00000196. The number of anilines is 2. The smallest absolute Gasteiger partial charge is 0.0579 e. The van der Waals surface area contributed by atoms with Crippen LogP contribution >= 0.6 is 0 Å². The van der Waals surface area contributed by atoms with Gasteiger partial charge in [0.15, 0.2) is 0 Å². The molecule has 0 fully saturated rings. The summed E-state index contributed by atoms with van der Waals surface area (Å²) in [6.07, 6.45) is 0. The number of hydrogen-bond acceptors (Lipinski definition) is 2. The molecule has 0 aromatic heterocycles. The second kappa shape index (κ2) is 4.36. The van der Waals surface area contributed by atoms with E-state index in [0.29, 0.717) is 0 Å². The summed E-state index contributed by atoms with van der Waals surface area (Å²) in [5.41, 5.74) is 2.44. The molecule has 0 radical (unpaired) electrons. The van der Waals surface area contributed by atoms with E-state index in [4.69, 9.17) is 0 Å². The maximum atomic E-state index is 3.47. The largest absolute Gasteiger partial charge is 0.384 e. The van der Waals surface area contributed by atoms with Gasteiger partial charge in [0.05, 0.1) is 11.4 Å². The second-order valence-corrected chi connectivity index (χ2v) is 4.45. The van der Waals surface area contributed by atoms with E-state index in [0.717, 1.165) is 6.54 Å². The summed E-state index contributed by atoms with van der Waals surface area (Å²) in [5.74, 6) is 0. The predicted molar refractivity (Wildman–Crippen MR) is 66.1 cm³/mol. The SMILES string of the molecule is CCNc1ccccc1NC(C)(C)C.[HH]. The second-order valence-electron chi connectivity index (χ2n) is 4.45. The van der Waals surface area contributed by atoms with Crippen molar-refractivity contribution < 1.29 is 1.43 Å². The van der Waals surface area contributed by atoms with Crippen LogP contribution in [0.4, 0.5) is 11.4 Å². The molecule has 0 bridgehead atoms. The molecule has 1 aromatic rings. The summed E-state index contributed by atoms with van der Waals surface area (Å²) in [5, 5.41) is 6.81. The molecule has 2 heteroatoms. The molecule has 0 aliphatic heterocycles. The Bertz CT molecular complexity index is 292. The first-order valence-corrected chi connectivity index (χ1v) is 5.14. The molecule has 14 heavy (non-hydrogen) atoms. The minimum Gasteiger partial charge on any atom is -0.384 e. The molecular weight excluding hydrogens is 172 g/mol. The lowest BCUT2D eigenvalue weighted by Gasteiger charge is -2.24. The van der Waals surface area contributed by atoms with Crippen LogP contribution < -0.4 is 10.6 Å². The maximum Gasteiger partial charge on any atom is 0.0579 e. The molecule has 0 unspecified atom stereocenters. The van der Waals surface area contributed by atoms with E-state index in [-0.39, 0.29) is 6.97 Å². The Morgan fingerprint density at radius 1 is 1.14 bits per heavy atom. The van der Waals surface area contributed by atoms with Crippen LogP contribution in [0.25, 0.3) is 0 Å². The Morgan fingerprint density at radius 3 is 2.21 bits per heavy atom. The zero-order chi connectivity index (χ0) is 10.6. The Labute approximate surface area is 88.2 Å². The number of benzene rings is 1. The highest BCUT2D eigenvalue weighted by molar-refractivity contribution is 5.69. The van der Waals surface area contributed by atoms with Gasteiger partial charge < -0.3 is 10.6 Å². The van der Waals surface area contributed by atoms with Gasteiger partial charge >= 0.3 is 0 Å². The first-order valence-electron chi connectivity index (χ1n) is 5.14. The third-order valence-electron chi connectivity index (χ3n) is 1.80. The summed E-state index contributed by atoms with van der Waals surface area (Å²) in [4.78, 5) is 0. The molecule has 0 amide bonds. The molecule has 0 spiro atoms. The van der Waals surface area contributed by atoms with Crippen molar-refractivity contribution in [3.05, 3.63) is 24.3 Å². The third kappa shape index (κ3) is 3.29. The van der Waals surface area contributed by atoms with Crippen LogP contribution in [0.5, 0.6) is 0 Å². The minimum atomic E-state index is 0. The summed E-state index contributed by atoms with van der Waals surface area (Å²) < 4.78 is 0. The van der Waals surface area contributed by atoms with Crippen molar-refractivity contribution in [2.75, 3.05) is 17.2 Å². The normalized spacial score (nSPS) is 11.1. The van der Waals surface area contributed by atoms with Gasteiger partial charge in [0.2, 0.25) is 0 Å². The van der Waals surface area contributed by atoms with Crippen molar-refractivity contribution in [3.63, 3.8) is 0 Å². The van der Waals surface area contributed by atoms with Crippen LogP contribution in [0.3, 0.4) is 0 Å².